The maximum Gasteiger partial charge on any atom is 0.317 e. The van der Waals surface area contributed by atoms with Crippen LogP contribution in [0.2, 0.25) is 0 Å². The van der Waals surface area contributed by atoms with E-state index in [1.165, 1.54) is 0 Å². The molecule has 0 spiro atoms. The summed E-state index contributed by atoms with van der Waals surface area (Å²) in [5, 5.41) is 5.33. The Morgan fingerprint density at radius 1 is 1.30 bits per heavy atom. The molecule has 1 unspecified atom stereocenters. The highest BCUT2D eigenvalue weighted by Crippen LogP contribution is 2.20. The van der Waals surface area contributed by atoms with Crippen molar-refractivity contribution in [2.45, 2.75) is 24.5 Å². The highest BCUT2D eigenvalue weighted by molar-refractivity contribution is 7.92. The normalized spacial score (nSPS) is 24.4. The number of nitrogens with zero attached hydrogens (tertiary/aromatic N) is 3. The van der Waals surface area contributed by atoms with Gasteiger partial charge in [-0.3, -0.25) is 0 Å². The maximum atomic E-state index is 12.3. The largest absolute Gasteiger partial charge is 0.346 e. The summed E-state index contributed by atoms with van der Waals surface area (Å²) in [7, 11) is -3.01. The standard InChI is InChI=1S/C14H22N4O3S2/c19-13(16-11-12-3-1-10-23(12,20)21)17-5-2-6-18(8-7-17)14-15-4-9-22-14/h4,9,12H,1-3,5-8,10-11H2,(H,16,19). The second-order valence-electron chi connectivity index (χ2n) is 5.96. The predicted molar refractivity (Wildman–Crippen MR) is 90.7 cm³/mol. The van der Waals surface area contributed by atoms with Crippen LogP contribution < -0.4 is 10.2 Å². The first-order chi connectivity index (χ1) is 11.1. The molecular formula is C14H22N4O3S2. The molecule has 23 heavy (non-hydrogen) atoms. The topological polar surface area (TPSA) is 82.6 Å². The molecule has 7 nitrogen and oxygen atoms in total. The Balaban J connectivity index is 1.50. The molecule has 9 heteroatoms. The molecule has 1 atom stereocenters. The van der Waals surface area contributed by atoms with E-state index in [2.05, 4.69) is 15.2 Å². The average Bonchev–Trinajstić information content (AvgIpc) is 3.08. The SMILES string of the molecule is O=C(NCC1CCCS1(=O)=O)N1CCCN(c2nccs2)CC1. The zero-order valence-electron chi connectivity index (χ0n) is 13.0. The molecule has 2 amide bonds. The first-order valence-electron chi connectivity index (χ1n) is 7.95. The molecule has 0 bridgehead atoms. The number of sulfone groups is 1. The Morgan fingerprint density at radius 2 is 2.17 bits per heavy atom. The van der Waals surface area contributed by atoms with Crippen molar-refractivity contribution in [3.05, 3.63) is 11.6 Å². The summed E-state index contributed by atoms with van der Waals surface area (Å²) < 4.78 is 23.6. The van der Waals surface area contributed by atoms with Crippen LogP contribution in [-0.2, 0) is 9.84 Å². The van der Waals surface area contributed by atoms with Crippen molar-refractivity contribution in [3.8, 4) is 0 Å². The number of carbonyl (C=O) groups is 1. The molecule has 0 aromatic carbocycles. The Hall–Kier alpha value is -1.35. The number of amides is 2. The van der Waals surface area contributed by atoms with Crippen molar-refractivity contribution < 1.29 is 13.2 Å². The van der Waals surface area contributed by atoms with Crippen molar-refractivity contribution in [1.82, 2.24) is 15.2 Å². The van der Waals surface area contributed by atoms with E-state index in [1.54, 1.807) is 22.4 Å². The third-order valence-corrected chi connectivity index (χ3v) is 7.52. The van der Waals surface area contributed by atoms with Crippen LogP contribution in [0.3, 0.4) is 0 Å². The van der Waals surface area contributed by atoms with Gasteiger partial charge in [-0.05, 0) is 19.3 Å². The van der Waals surface area contributed by atoms with Gasteiger partial charge >= 0.3 is 6.03 Å². The van der Waals surface area contributed by atoms with E-state index >= 15 is 0 Å². The molecule has 2 aliphatic rings. The minimum atomic E-state index is -3.01. The van der Waals surface area contributed by atoms with Gasteiger partial charge in [-0.15, -0.1) is 11.3 Å². The van der Waals surface area contributed by atoms with E-state index in [4.69, 9.17) is 0 Å². The number of carbonyl (C=O) groups excluding carboxylic acids is 1. The Morgan fingerprint density at radius 3 is 2.87 bits per heavy atom. The molecule has 3 heterocycles. The molecule has 1 aromatic rings. The van der Waals surface area contributed by atoms with E-state index in [0.717, 1.165) is 24.6 Å². The van der Waals surface area contributed by atoms with Crippen molar-refractivity contribution >= 4 is 32.3 Å². The van der Waals surface area contributed by atoms with Gasteiger partial charge in [-0.1, -0.05) is 0 Å². The molecule has 3 rings (SSSR count). The van der Waals surface area contributed by atoms with Crippen LogP contribution in [0.15, 0.2) is 11.6 Å². The number of thiazole rings is 1. The van der Waals surface area contributed by atoms with Gasteiger partial charge in [0.25, 0.3) is 0 Å². The smallest absolute Gasteiger partial charge is 0.317 e. The fourth-order valence-electron chi connectivity index (χ4n) is 3.08. The van der Waals surface area contributed by atoms with Gasteiger partial charge in [0.05, 0.1) is 11.0 Å². The molecule has 0 aliphatic carbocycles. The van der Waals surface area contributed by atoms with Gasteiger partial charge < -0.3 is 15.1 Å². The number of hydrogen-bond donors (Lipinski definition) is 1. The maximum absolute atomic E-state index is 12.3. The highest BCUT2D eigenvalue weighted by Gasteiger charge is 2.32. The molecule has 1 aromatic heterocycles. The molecule has 0 radical (unpaired) electrons. The summed E-state index contributed by atoms with van der Waals surface area (Å²) in [5.41, 5.74) is 0. The molecule has 128 valence electrons. The van der Waals surface area contributed by atoms with Gasteiger partial charge in [0.15, 0.2) is 15.0 Å². The summed E-state index contributed by atoms with van der Waals surface area (Å²) >= 11 is 1.60. The number of rotatable bonds is 3. The van der Waals surface area contributed by atoms with Crippen molar-refractivity contribution in [2.75, 3.05) is 43.4 Å². The average molecular weight is 358 g/mol. The fourth-order valence-corrected chi connectivity index (χ4v) is 5.55. The van der Waals surface area contributed by atoms with Crippen LogP contribution in [0.5, 0.6) is 0 Å². The Bertz CT molecular complexity index is 632. The monoisotopic (exact) mass is 358 g/mol. The molecule has 2 saturated heterocycles. The van der Waals surface area contributed by atoms with Crippen LogP contribution in [0.1, 0.15) is 19.3 Å². The molecular weight excluding hydrogens is 336 g/mol. The minimum absolute atomic E-state index is 0.159. The number of urea groups is 1. The second-order valence-corrected chi connectivity index (χ2v) is 9.23. The van der Waals surface area contributed by atoms with E-state index in [-0.39, 0.29) is 18.3 Å². The summed E-state index contributed by atoms with van der Waals surface area (Å²) in [6.07, 6.45) is 4.03. The summed E-state index contributed by atoms with van der Waals surface area (Å²) in [6.45, 7) is 3.18. The number of aromatic nitrogens is 1. The van der Waals surface area contributed by atoms with Gasteiger partial charge in [0.2, 0.25) is 0 Å². The van der Waals surface area contributed by atoms with Crippen LogP contribution in [0.25, 0.3) is 0 Å². The zero-order valence-corrected chi connectivity index (χ0v) is 14.6. The van der Waals surface area contributed by atoms with Crippen LogP contribution >= 0.6 is 11.3 Å². The van der Waals surface area contributed by atoms with E-state index < -0.39 is 15.1 Å². The Kier molecular flexibility index (Phi) is 5.05. The van der Waals surface area contributed by atoms with Crippen LogP contribution in [-0.4, -0.2) is 68.1 Å². The number of hydrogen-bond acceptors (Lipinski definition) is 6. The van der Waals surface area contributed by atoms with Gasteiger partial charge in [-0.25, -0.2) is 18.2 Å². The van der Waals surface area contributed by atoms with Crippen LogP contribution in [0.4, 0.5) is 9.93 Å². The molecule has 2 aliphatic heterocycles. The first kappa shape index (κ1) is 16.5. The molecule has 0 saturated carbocycles. The van der Waals surface area contributed by atoms with E-state index in [1.807, 2.05) is 5.38 Å². The lowest BCUT2D eigenvalue weighted by Gasteiger charge is -2.22. The van der Waals surface area contributed by atoms with Crippen LogP contribution in [0, 0.1) is 0 Å². The first-order valence-corrected chi connectivity index (χ1v) is 10.5. The fraction of sp³-hybridized carbons (Fsp3) is 0.714. The second kappa shape index (κ2) is 7.04. The lowest BCUT2D eigenvalue weighted by Crippen LogP contribution is -2.45. The van der Waals surface area contributed by atoms with E-state index in [9.17, 15) is 13.2 Å². The number of anilines is 1. The summed E-state index contributed by atoms with van der Waals surface area (Å²) in [5.74, 6) is 0.250. The van der Waals surface area contributed by atoms with Gasteiger partial charge in [-0.2, -0.15) is 0 Å². The quantitative estimate of drug-likeness (QED) is 0.870. The Labute approximate surface area is 140 Å². The van der Waals surface area contributed by atoms with Gasteiger partial charge in [0.1, 0.15) is 0 Å². The van der Waals surface area contributed by atoms with Gasteiger partial charge in [0, 0.05) is 44.3 Å². The third kappa shape index (κ3) is 3.95. The summed E-state index contributed by atoms with van der Waals surface area (Å²) in [6, 6.07) is -0.159. The molecule has 1 N–H and O–H groups in total. The predicted octanol–water partition coefficient (Wildman–Crippen LogP) is 0.942. The lowest BCUT2D eigenvalue weighted by atomic mass is 10.2. The van der Waals surface area contributed by atoms with Crippen molar-refractivity contribution in [3.63, 3.8) is 0 Å². The molecule has 2 fully saturated rings. The lowest BCUT2D eigenvalue weighted by molar-refractivity contribution is 0.201. The van der Waals surface area contributed by atoms with E-state index in [0.29, 0.717) is 25.9 Å². The zero-order chi connectivity index (χ0) is 16.3. The highest BCUT2D eigenvalue weighted by atomic mass is 32.2. The summed E-state index contributed by atoms with van der Waals surface area (Å²) in [4.78, 5) is 20.6. The van der Waals surface area contributed by atoms with Crippen molar-refractivity contribution in [1.29, 1.82) is 0 Å². The third-order valence-electron chi connectivity index (χ3n) is 4.42. The van der Waals surface area contributed by atoms with Crippen molar-refractivity contribution in [2.24, 2.45) is 0 Å². The number of nitrogens with one attached hydrogen (secondary N) is 1. The minimum Gasteiger partial charge on any atom is -0.346 e.